The molecule has 0 bridgehead atoms. The van der Waals surface area contributed by atoms with Crippen molar-refractivity contribution >= 4 is 17.3 Å². The molecule has 100 valence electrons. The fourth-order valence-electron chi connectivity index (χ4n) is 1.97. The van der Waals surface area contributed by atoms with E-state index in [9.17, 15) is 4.79 Å². The van der Waals surface area contributed by atoms with Gasteiger partial charge in [0.1, 0.15) is 0 Å². The van der Waals surface area contributed by atoms with Crippen LogP contribution in [0.5, 0.6) is 0 Å². The van der Waals surface area contributed by atoms with E-state index in [4.69, 9.17) is 5.73 Å². The Morgan fingerprint density at radius 3 is 2.89 bits per heavy atom. The number of nitrogens with zero attached hydrogens (tertiary/aromatic N) is 2. The molecule has 19 heavy (non-hydrogen) atoms. The Morgan fingerprint density at radius 2 is 2.21 bits per heavy atom. The Hall–Kier alpha value is -2.30. The van der Waals surface area contributed by atoms with E-state index >= 15 is 0 Å². The van der Waals surface area contributed by atoms with Crippen LogP contribution in [0, 0.1) is 6.92 Å². The Morgan fingerprint density at radius 1 is 1.47 bits per heavy atom. The molecule has 0 aliphatic rings. The molecule has 5 heteroatoms. The van der Waals surface area contributed by atoms with Crippen molar-refractivity contribution in [3.8, 4) is 0 Å². The van der Waals surface area contributed by atoms with Gasteiger partial charge in [0.15, 0.2) is 0 Å². The number of nitrogens with two attached hydrogens (primary N) is 1. The lowest BCUT2D eigenvalue weighted by Crippen LogP contribution is -2.15. The highest BCUT2D eigenvalue weighted by Gasteiger charge is 2.14. The third-order valence-corrected chi connectivity index (χ3v) is 3.06. The molecule has 5 nitrogen and oxygen atoms in total. The minimum atomic E-state index is -0.205. The van der Waals surface area contributed by atoms with Crippen LogP contribution in [-0.2, 0) is 13.5 Å². The van der Waals surface area contributed by atoms with Crippen molar-refractivity contribution in [3.63, 3.8) is 0 Å². The first-order valence-electron chi connectivity index (χ1n) is 6.22. The van der Waals surface area contributed by atoms with E-state index in [-0.39, 0.29) is 5.91 Å². The van der Waals surface area contributed by atoms with Crippen molar-refractivity contribution in [1.82, 2.24) is 9.78 Å². The maximum Gasteiger partial charge on any atom is 0.257 e. The number of carbonyl (C=O) groups excluding carboxylic acids is 1. The monoisotopic (exact) mass is 258 g/mol. The van der Waals surface area contributed by atoms with Crippen LogP contribution in [0.15, 0.2) is 24.4 Å². The second-order valence-electron chi connectivity index (χ2n) is 4.51. The van der Waals surface area contributed by atoms with E-state index in [1.54, 1.807) is 16.9 Å². The number of hydrogen-bond acceptors (Lipinski definition) is 3. The standard InChI is InChI=1S/C14H18N4O/c1-4-11-12(8-18(3)17-11)16-14(19)10-7-5-6-9(2)13(10)15/h5-8H,4,15H2,1-3H3,(H,16,19). The second-order valence-corrected chi connectivity index (χ2v) is 4.51. The number of aromatic nitrogens is 2. The van der Waals surface area contributed by atoms with Crippen LogP contribution < -0.4 is 11.1 Å². The smallest absolute Gasteiger partial charge is 0.257 e. The van der Waals surface area contributed by atoms with Gasteiger partial charge in [-0.25, -0.2) is 0 Å². The van der Waals surface area contributed by atoms with E-state index in [1.807, 2.05) is 33.0 Å². The predicted octanol–water partition coefficient (Wildman–Crippen LogP) is 2.13. The third kappa shape index (κ3) is 2.59. The molecule has 3 N–H and O–H groups in total. The van der Waals surface area contributed by atoms with Gasteiger partial charge in [0.2, 0.25) is 0 Å². The lowest BCUT2D eigenvalue weighted by Gasteiger charge is -2.08. The number of hydrogen-bond donors (Lipinski definition) is 2. The Balaban J connectivity index is 2.28. The van der Waals surface area contributed by atoms with Crippen molar-refractivity contribution in [2.75, 3.05) is 11.1 Å². The maximum absolute atomic E-state index is 12.2. The van der Waals surface area contributed by atoms with E-state index in [0.717, 1.165) is 23.4 Å². The lowest BCUT2D eigenvalue weighted by atomic mass is 10.1. The number of rotatable bonds is 3. The molecule has 1 aromatic heterocycles. The number of amides is 1. The molecule has 0 saturated carbocycles. The summed E-state index contributed by atoms with van der Waals surface area (Å²) in [5, 5.41) is 7.15. The average molecular weight is 258 g/mol. The van der Waals surface area contributed by atoms with Gasteiger partial charge in [-0.2, -0.15) is 5.10 Å². The van der Waals surface area contributed by atoms with E-state index in [2.05, 4.69) is 10.4 Å². The summed E-state index contributed by atoms with van der Waals surface area (Å²) in [5.74, 6) is -0.205. The number of nitrogens with one attached hydrogen (secondary N) is 1. The number of aryl methyl sites for hydroxylation is 3. The summed E-state index contributed by atoms with van der Waals surface area (Å²) < 4.78 is 1.69. The van der Waals surface area contributed by atoms with Gasteiger partial charge in [-0.15, -0.1) is 0 Å². The molecule has 0 atom stereocenters. The van der Waals surface area contributed by atoms with Gasteiger partial charge in [0, 0.05) is 18.9 Å². The van der Waals surface area contributed by atoms with E-state index < -0.39 is 0 Å². The van der Waals surface area contributed by atoms with Gasteiger partial charge in [-0.05, 0) is 25.0 Å². The van der Waals surface area contributed by atoms with Gasteiger partial charge in [0.05, 0.1) is 16.9 Å². The summed E-state index contributed by atoms with van der Waals surface area (Å²) in [4.78, 5) is 12.2. The van der Waals surface area contributed by atoms with Gasteiger partial charge in [-0.3, -0.25) is 9.48 Å². The quantitative estimate of drug-likeness (QED) is 0.828. The first kappa shape index (κ1) is 13.1. The second kappa shape index (κ2) is 5.14. The molecular weight excluding hydrogens is 240 g/mol. The van der Waals surface area contributed by atoms with Crippen molar-refractivity contribution in [2.24, 2.45) is 7.05 Å². The van der Waals surface area contributed by atoms with Crippen LogP contribution in [0.3, 0.4) is 0 Å². The molecule has 0 fully saturated rings. The topological polar surface area (TPSA) is 72.9 Å². The highest BCUT2D eigenvalue weighted by molar-refractivity contribution is 6.08. The molecule has 0 unspecified atom stereocenters. The zero-order valence-corrected chi connectivity index (χ0v) is 11.4. The third-order valence-electron chi connectivity index (χ3n) is 3.06. The number of nitrogen functional groups attached to an aromatic ring is 1. The summed E-state index contributed by atoms with van der Waals surface area (Å²) in [5.41, 5.74) is 9.43. The fraction of sp³-hybridized carbons (Fsp3) is 0.286. The molecule has 0 radical (unpaired) electrons. The van der Waals surface area contributed by atoms with Crippen molar-refractivity contribution in [3.05, 3.63) is 41.2 Å². The molecule has 0 saturated heterocycles. The molecular formula is C14H18N4O. The van der Waals surface area contributed by atoms with Gasteiger partial charge in [0.25, 0.3) is 5.91 Å². The summed E-state index contributed by atoms with van der Waals surface area (Å²) in [7, 11) is 1.83. The zero-order chi connectivity index (χ0) is 14.0. The first-order valence-corrected chi connectivity index (χ1v) is 6.22. The summed E-state index contributed by atoms with van der Waals surface area (Å²) in [6, 6.07) is 5.43. The van der Waals surface area contributed by atoms with Gasteiger partial charge in [-0.1, -0.05) is 19.1 Å². The number of para-hydroxylation sites is 1. The molecule has 1 amide bonds. The fourth-order valence-corrected chi connectivity index (χ4v) is 1.97. The van der Waals surface area contributed by atoms with E-state index in [1.165, 1.54) is 0 Å². The number of carbonyl (C=O) groups is 1. The van der Waals surface area contributed by atoms with E-state index in [0.29, 0.717) is 11.3 Å². The molecule has 0 aliphatic carbocycles. The molecule has 2 aromatic rings. The maximum atomic E-state index is 12.2. The lowest BCUT2D eigenvalue weighted by molar-refractivity contribution is 0.102. The van der Waals surface area contributed by atoms with Crippen molar-refractivity contribution < 1.29 is 4.79 Å². The molecule has 0 spiro atoms. The average Bonchev–Trinajstić information content (AvgIpc) is 2.72. The molecule has 1 heterocycles. The minimum Gasteiger partial charge on any atom is -0.398 e. The Bertz CT molecular complexity index is 616. The van der Waals surface area contributed by atoms with Crippen LogP contribution >= 0.6 is 0 Å². The molecule has 1 aromatic carbocycles. The van der Waals surface area contributed by atoms with Crippen molar-refractivity contribution in [2.45, 2.75) is 20.3 Å². The predicted molar refractivity (Wildman–Crippen MR) is 76.1 cm³/mol. The van der Waals surface area contributed by atoms with Crippen LogP contribution in [0.4, 0.5) is 11.4 Å². The minimum absolute atomic E-state index is 0.205. The SMILES string of the molecule is CCc1nn(C)cc1NC(=O)c1cccc(C)c1N. The van der Waals surface area contributed by atoms with Crippen LogP contribution in [0.2, 0.25) is 0 Å². The normalized spacial score (nSPS) is 10.5. The summed E-state index contributed by atoms with van der Waals surface area (Å²) in [6.45, 7) is 3.88. The molecule has 2 rings (SSSR count). The largest absolute Gasteiger partial charge is 0.398 e. The van der Waals surface area contributed by atoms with Gasteiger partial charge >= 0.3 is 0 Å². The van der Waals surface area contributed by atoms with Gasteiger partial charge < -0.3 is 11.1 Å². The highest BCUT2D eigenvalue weighted by Crippen LogP contribution is 2.20. The zero-order valence-electron chi connectivity index (χ0n) is 11.4. The Labute approximate surface area is 112 Å². The highest BCUT2D eigenvalue weighted by atomic mass is 16.1. The Kier molecular flexibility index (Phi) is 3.55. The first-order chi connectivity index (χ1) is 9.02. The number of anilines is 2. The van der Waals surface area contributed by atoms with Crippen LogP contribution in [0.1, 0.15) is 28.5 Å². The summed E-state index contributed by atoms with van der Waals surface area (Å²) >= 11 is 0. The molecule has 0 aliphatic heterocycles. The van der Waals surface area contributed by atoms with Crippen LogP contribution in [0.25, 0.3) is 0 Å². The van der Waals surface area contributed by atoms with Crippen molar-refractivity contribution in [1.29, 1.82) is 0 Å². The number of benzene rings is 1. The summed E-state index contributed by atoms with van der Waals surface area (Å²) in [6.07, 6.45) is 2.56. The van der Waals surface area contributed by atoms with Crippen LogP contribution in [-0.4, -0.2) is 15.7 Å².